The molecule has 0 saturated carbocycles. The van der Waals surface area contributed by atoms with Crippen LogP contribution in [0.15, 0.2) is 10.2 Å². The fraction of sp³-hybridized carbons (Fsp3) is 0.821. The van der Waals surface area contributed by atoms with Crippen molar-refractivity contribution in [2.24, 2.45) is 16.0 Å². The van der Waals surface area contributed by atoms with E-state index in [1.54, 1.807) is 0 Å². The van der Waals surface area contributed by atoms with E-state index in [2.05, 4.69) is 30.1 Å². The Balaban J connectivity index is 0. The van der Waals surface area contributed by atoms with Crippen molar-refractivity contribution in [2.75, 3.05) is 26.2 Å². The monoisotopic (exact) mass is 1090 g/mol. The summed E-state index contributed by atoms with van der Waals surface area (Å²) in [5.41, 5.74) is 20.2. The molecule has 0 saturated heterocycles. The third-order valence-corrected chi connectivity index (χ3v) is 11.6. The lowest BCUT2D eigenvalue weighted by Crippen LogP contribution is -2.24. The van der Waals surface area contributed by atoms with Gasteiger partial charge in [-0.1, -0.05) is 164 Å². The second-order valence-corrected chi connectivity index (χ2v) is 21.2. The quantitative estimate of drug-likeness (QED) is 0.00734. The first kappa shape index (κ1) is 73.4. The fourth-order valence-electron chi connectivity index (χ4n) is 7.68. The van der Waals surface area contributed by atoms with Gasteiger partial charge in [-0.2, -0.15) is 8.78 Å². The minimum atomic E-state index is -2.29. The smallest absolute Gasteiger partial charge is 0.311 e. The van der Waals surface area contributed by atoms with Crippen LogP contribution >= 0.6 is 0 Å². The van der Waals surface area contributed by atoms with Gasteiger partial charge in [-0.25, -0.2) is 13.2 Å². The van der Waals surface area contributed by atoms with Crippen LogP contribution in [-0.4, -0.2) is 61.2 Å². The molecule has 15 nitrogen and oxygen atoms in total. The van der Waals surface area contributed by atoms with Crippen molar-refractivity contribution in [3.8, 4) is 5.75 Å². The van der Waals surface area contributed by atoms with E-state index in [4.69, 9.17) is 26.3 Å². The molecule has 0 spiro atoms. The molecule has 1 amide bonds. The number of azide groups is 2. The van der Waals surface area contributed by atoms with E-state index in [1.807, 2.05) is 41.5 Å². The molecular weight excluding hydrogens is 992 g/mol. The van der Waals surface area contributed by atoms with Crippen LogP contribution in [0, 0.1) is 29.1 Å². The Morgan fingerprint density at radius 1 is 0.434 bits per heavy atom. The molecule has 0 aliphatic rings. The molecule has 438 valence electrons. The summed E-state index contributed by atoms with van der Waals surface area (Å²) in [5, 5.41) is 9.57. The zero-order chi connectivity index (χ0) is 57.3. The van der Waals surface area contributed by atoms with E-state index in [0.717, 1.165) is 77.0 Å². The van der Waals surface area contributed by atoms with Gasteiger partial charge in [0, 0.05) is 55.1 Å². The van der Waals surface area contributed by atoms with Crippen LogP contribution in [0.25, 0.3) is 20.9 Å². The highest BCUT2D eigenvalue weighted by molar-refractivity contribution is 5.75. The zero-order valence-electron chi connectivity index (χ0n) is 47.4. The lowest BCUT2D eigenvalue weighted by Gasteiger charge is -2.19. The van der Waals surface area contributed by atoms with Gasteiger partial charge in [0.15, 0.2) is 0 Å². The molecule has 20 heteroatoms. The molecule has 0 aliphatic heterocycles. The van der Waals surface area contributed by atoms with Crippen LogP contribution in [0.3, 0.4) is 0 Å². The summed E-state index contributed by atoms with van der Waals surface area (Å²) >= 11 is 0. The number of halogens is 5. The summed E-state index contributed by atoms with van der Waals surface area (Å²) in [5.74, 6) is -13.6. The van der Waals surface area contributed by atoms with Gasteiger partial charge in [-0.05, 0) is 97.7 Å². The van der Waals surface area contributed by atoms with Crippen LogP contribution < -0.4 is 15.8 Å². The Morgan fingerprint density at radius 3 is 1.01 bits per heavy atom. The van der Waals surface area contributed by atoms with Gasteiger partial charge in [-0.15, -0.1) is 0 Å². The molecular formula is C56H97F5N8O7. The molecule has 0 bridgehead atoms. The van der Waals surface area contributed by atoms with Gasteiger partial charge in [0.1, 0.15) is 11.2 Å². The van der Waals surface area contributed by atoms with E-state index < -0.39 is 46.4 Å². The molecule has 0 heterocycles. The summed E-state index contributed by atoms with van der Waals surface area (Å²) in [6.45, 7) is 13.5. The van der Waals surface area contributed by atoms with Crippen LogP contribution in [0.5, 0.6) is 5.75 Å². The Hall–Kier alpha value is -4.67. The molecule has 0 fully saturated rings. The maximum Gasteiger partial charge on any atom is 0.311 e. The molecule has 1 rings (SSSR count). The van der Waals surface area contributed by atoms with Crippen molar-refractivity contribution in [3.63, 3.8) is 0 Å². The number of hydrogen-bond donors (Lipinski definition) is 2. The largest absolute Gasteiger partial charge is 0.460 e. The number of rotatable bonds is 42. The van der Waals surface area contributed by atoms with Crippen molar-refractivity contribution >= 4 is 23.8 Å². The van der Waals surface area contributed by atoms with Gasteiger partial charge < -0.3 is 25.3 Å². The lowest BCUT2D eigenvalue weighted by atomic mass is 10.0. The first-order valence-corrected chi connectivity index (χ1v) is 28.3. The molecule has 3 N–H and O–H groups in total. The van der Waals surface area contributed by atoms with Crippen LogP contribution in [0.2, 0.25) is 0 Å². The molecule has 0 aliphatic carbocycles. The second kappa shape index (κ2) is 48.7. The Kier molecular flexibility index (Phi) is 47.0. The number of nitrogens with one attached hydrogen (secondary N) is 1. The maximum atomic E-state index is 13.5. The number of nitrogens with two attached hydrogens (primary N) is 1. The third-order valence-electron chi connectivity index (χ3n) is 11.6. The van der Waals surface area contributed by atoms with E-state index in [9.17, 15) is 41.1 Å². The molecule has 0 radical (unpaired) electrons. The number of hydrogen-bond acceptors (Lipinski definition) is 10. The minimum Gasteiger partial charge on any atom is -0.460 e. The molecule has 0 unspecified atom stereocenters. The molecule has 0 aromatic heterocycles. The highest BCUT2D eigenvalue weighted by Crippen LogP contribution is 2.29. The summed E-state index contributed by atoms with van der Waals surface area (Å²) in [6.07, 6.45) is 34.2. The average Bonchev–Trinajstić information content (AvgIpc) is 3.35. The fourth-order valence-corrected chi connectivity index (χ4v) is 7.68. The number of unbranched alkanes of at least 4 members (excludes halogenated alkanes) is 26. The summed E-state index contributed by atoms with van der Waals surface area (Å²) in [7, 11) is 0. The highest BCUT2D eigenvalue weighted by Gasteiger charge is 2.28. The van der Waals surface area contributed by atoms with Crippen LogP contribution in [0.4, 0.5) is 22.0 Å². The number of carbonyl (C=O) groups excluding carboxylic acids is 4. The number of amides is 1. The van der Waals surface area contributed by atoms with E-state index in [1.165, 1.54) is 96.3 Å². The predicted octanol–water partition coefficient (Wildman–Crippen LogP) is 16.9. The van der Waals surface area contributed by atoms with Gasteiger partial charge in [-0.3, -0.25) is 19.2 Å². The molecule has 1 aromatic rings. The first-order valence-electron chi connectivity index (χ1n) is 28.3. The number of benzene rings is 1. The average molecular weight is 1090 g/mol. The van der Waals surface area contributed by atoms with Crippen LogP contribution in [0.1, 0.15) is 260 Å². The van der Waals surface area contributed by atoms with Gasteiger partial charge >= 0.3 is 17.9 Å². The van der Waals surface area contributed by atoms with E-state index in [0.29, 0.717) is 64.7 Å². The van der Waals surface area contributed by atoms with Gasteiger partial charge in [0.05, 0.1) is 0 Å². The lowest BCUT2D eigenvalue weighted by molar-refractivity contribution is -0.156. The first-order chi connectivity index (χ1) is 36.2. The number of esters is 3. The van der Waals surface area contributed by atoms with E-state index >= 15 is 0 Å². The number of carbonyl (C=O) groups is 4. The SMILES string of the molecule is CC(C)(C)OC(=O)CCCCCCCCCCCCCCCCC(=O)NCCCN=[N+]=[N-].CC(C)(C)OC(=O)CCCCCCCCCCCCCCCCC(=O)Oc1c(F)c(F)c(F)c(F)c1F.[N-]=[N+]=NCCCN. The molecule has 0 atom stereocenters. The van der Waals surface area contributed by atoms with Gasteiger partial charge in [0.25, 0.3) is 0 Å². The maximum absolute atomic E-state index is 13.5. The Labute approximate surface area is 452 Å². The van der Waals surface area contributed by atoms with Crippen molar-refractivity contribution < 1.29 is 55.3 Å². The molecule has 1 aromatic carbocycles. The molecule has 76 heavy (non-hydrogen) atoms. The number of nitrogens with zero attached hydrogens (tertiary/aromatic N) is 6. The third kappa shape index (κ3) is 47.8. The normalized spacial score (nSPS) is 11.0. The summed E-state index contributed by atoms with van der Waals surface area (Å²) in [4.78, 5) is 51.9. The Bertz CT molecular complexity index is 1770. The van der Waals surface area contributed by atoms with Crippen molar-refractivity contribution in [1.29, 1.82) is 0 Å². The van der Waals surface area contributed by atoms with Gasteiger partial charge in [0.2, 0.25) is 40.7 Å². The number of ether oxygens (including phenoxy) is 3. The topological polar surface area (TPSA) is 232 Å². The van der Waals surface area contributed by atoms with Crippen molar-refractivity contribution in [2.45, 2.75) is 271 Å². The van der Waals surface area contributed by atoms with Crippen molar-refractivity contribution in [1.82, 2.24) is 5.32 Å². The van der Waals surface area contributed by atoms with Crippen LogP contribution in [-0.2, 0) is 28.7 Å². The van der Waals surface area contributed by atoms with E-state index in [-0.39, 0.29) is 29.9 Å². The Morgan fingerprint density at radius 2 is 0.711 bits per heavy atom. The highest BCUT2D eigenvalue weighted by atomic mass is 19.2. The predicted molar refractivity (Wildman–Crippen MR) is 291 cm³/mol. The van der Waals surface area contributed by atoms with Crippen molar-refractivity contribution in [3.05, 3.63) is 50.0 Å². The summed E-state index contributed by atoms with van der Waals surface area (Å²) in [6, 6.07) is 0. The second-order valence-electron chi connectivity index (χ2n) is 21.2. The standard InChI is InChI=1S/C28H41F5O4.C25H48N4O3.C3H8N4/c1-28(2,3)37-21(35)19-17-15-13-11-9-7-5-4-6-8-10-12-14-16-18-20(34)36-27-25(32)23(30)22(29)24(31)26(27)33;1-25(2,3)32-24(31)20-17-15-13-11-9-7-5-4-6-8-10-12-14-16-19-23(30)27-21-18-22-28-29-26;4-2-1-3-6-7-5/h4-19H2,1-3H3;4-22H2,1-3H3,(H,27,30);1-4H2. The summed E-state index contributed by atoms with van der Waals surface area (Å²) < 4.78 is 81.4. The minimum absolute atomic E-state index is 0.0709. The zero-order valence-corrected chi connectivity index (χ0v) is 47.4.